The first-order valence-electron chi connectivity index (χ1n) is 9.37. The molecule has 0 radical (unpaired) electrons. The number of thioether (sulfide) groups is 1. The van der Waals surface area contributed by atoms with Crippen molar-refractivity contribution in [1.82, 2.24) is 15.1 Å². The molecule has 2 aromatic rings. The highest BCUT2D eigenvalue weighted by molar-refractivity contribution is 7.99. The second kappa shape index (κ2) is 8.17. The van der Waals surface area contributed by atoms with Crippen molar-refractivity contribution in [3.63, 3.8) is 0 Å². The molecule has 0 atom stereocenters. The zero-order chi connectivity index (χ0) is 18.6. The topological polar surface area (TPSA) is 68.5 Å². The number of benzene rings is 1. The van der Waals surface area contributed by atoms with Gasteiger partial charge in [-0.15, -0.1) is 10.2 Å². The summed E-state index contributed by atoms with van der Waals surface area (Å²) in [5.41, 5.74) is 1.95. The molecule has 1 saturated carbocycles. The van der Waals surface area contributed by atoms with Crippen LogP contribution in [-0.2, 0) is 4.79 Å². The minimum absolute atomic E-state index is 0.132. The molecular formula is C20H23N3O3S. The molecular weight excluding hydrogens is 362 g/mol. The number of amides is 1. The van der Waals surface area contributed by atoms with Crippen molar-refractivity contribution in [2.75, 3.05) is 12.9 Å². The molecule has 2 aliphatic rings. The van der Waals surface area contributed by atoms with Gasteiger partial charge in [-0.2, -0.15) is 0 Å². The molecule has 1 amide bonds. The van der Waals surface area contributed by atoms with Crippen LogP contribution < -0.4 is 4.74 Å². The van der Waals surface area contributed by atoms with Gasteiger partial charge in [0.1, 0.15) is 5.75 Å². The molecule has 1 heterocycles. The van der Waals surface area contributed by atoms with Gasteiger partial charge in [0.25, 0.3) is 11.1 Å². The van der Waals surface area contributed by atoms with E-state index in [0.29, 0.717) is 28.7 Å². The highest BCUT2D eigenvalue weighted by atomic mass is 32.2. The molecule has 142 valence electrons. The number of carbonyl (C=O) groups excluding carboxylic acids is 1. The molecule has 7 heteroatoms. The van der Waals surface area contributed by atoms with Crippen molar-refractivity contribution in [3.05, 3.63) is 36.0 Å². The van der Waals surface area contributed by atoms with Crippen LogP contribution in [0.5, 0.6) is 5.75 Å². The van der Waals surface area contributed by atoms with Gasteiger partial charge in [0, 0.05) is 11.7 Å². The molecule has 0 bridgehead atoms. The maximum atomic E-state index is 12.8. The molecule has 4 rings (SSSR count). The summed E-state index contributed by atoms with van der Waals surface area (Å²) in [4.78, 5) is 14.8. The van der Waals surface area contributed by atoms with Crippen molar-refractivity contribution in [2.24, 2.45) is 0 Å². The second-order valence-electron chi connectivity index (χ2n) is 6.80. The van der Waals surface area contributed by atoms with Gasteiger partial charge in [-0.25, -0.2) is 0 Å². The van der Waals surface area contributed by atoms with E-state index in [9.17, 15) is 4.79 Å². The maximum absolute atomic E-state index is 12.8. The van der Waals surface area contributed by atoms with E-state index in [0.717, 1.165) is 31.2 Å². The van der Waals surface area contributed by atoms with Crippen LogP contribution in [0.4, 0.5) is 0 Å². The number of hydrogen-bond donors (Lipinski definition) is 0. The summed E-state index contributed by atoms with van der Waals surface area (Å²) < 4.78 is 11.1. The van der Waals surface area contributed by atoms with Crippen LogP contribution in [0.1, 0.15) is 38.5 Å². The van der Waals surface area contributed by atoms with Crippen molar-refractivity contribution < 1.29 is 13.9 Å². The zero-order valence-electron chi connectivity index (χ0n) is 15.4. The Bertz CT molecular complexity index is 845. The first-order valence-corrected chi connectivity index (χ1v) is 10.4. The van der Waals surface area contributed by atoms with Gasteiger partial charge in [-0.05, 0) is 50.7 Å². The van der Waals surface area contributed by atoms with Gasteiger partial charge in [0.2, 0.25) is 5.91 Å². The third-order valence-corrected chi connectivity index (χ3v) is 5.62. The van der Waals surface area contributed by atoms with Crippen LogP contribution >= 0.6 is 11.8 Å². The van der Waals surface area contributed by atoms with Crippen LogP contribution in [0.3, 0.4) is 0 Å². The lowest BCUT2D eigenvalue weighted by atomic mass is 10.0. The molecule has 0 saturated heterocycles. The average Bonchev–Trinajstić information content (AvgIpc) is 3.43. The Balaban J connectivity index is 1.42. The van der Waals surface area contributed by atoms with Crippen molar-refractivity contribution in [2.45, 2.75) is 49.8 Å². The second-order valence-corrected chi connectivity index (χ2v) is 7.72. The number of nitrogens with zero attached hydrogens (tertiary/aromatic N) is 3. The van der Waals surface area contributed by atoms with E-state index >= 15 is 0 Å². The zero-order valence-corrected chi connectivity index (χ0v) is 16.2. The van der Waals surface area contributed by atoms with Gasteiger partial charge in [-0.1, -0.05) is 30.0 Å². The molecule has 1 aromatic carbocycles. The number of methoxy groups -OCH3 is 1. The third kappa shape index (κ3) is 4.18. The smallest absolute Gasteiger partial charge is 0.277 e. The van der Waals surface area contributed by atoms with E-state index in [1.807, 2.05) is 29.2 Å². The Morgan fingerprint density at radius 1 is 1.30 bits per heavy atom. The Kier molecular flexibility index (Phi) is 5.48. The number of ether oxygens (including phenoxy) is 1. The predicted molar refractivity (Wildman–Crippen MR) is 103 cm³/mol. The lowest BCUT2D eigenvalue weighted by molar-refractivity contribution is -0.127. The van der Waals surface area contributed by atoms with E-state index in [2.05, 4.69) is 16.3 Å². The standard InChI is InChI=1S/C20H23N3O3S/c1-25-17-10-6-5-9-16(17)19-21-22-20(26-19)27-13-18(24)23(15-11-12-15)14-7-3-2-4-8-14/h5-7,9-10,15H,2-4,8,11-13H2,1H3. The number of para-hydroxylation sites is 1. The number of allylic oxidation sites excluding steroid dienone is 2. The normalized spacial score (nSPS) is 16.7. The van der Waals surface area contributed by atoms with E-state index in [-0.39, 0.29) is 5.91 Å². The third-order valence-electron chi connectivity index (χ3n) is 4.82. The minimum atomic E-state index is 0.132. The fourth-order valence-electron chi connectivity index (χ4n) is 3.36. The molecule has 0 aliphatic heterocycles. The van der Waals surface area contributed by atoms with Crippen LogP contribution in [0.25, 0.3) is 11.5 Å². The highest BCUT2D eigenvalue weighted by Crippen LogP contribution is 2.35. The number of hydrogen-bond acceptors (Lipinski definition) is 6. The largest absolute Gasteiger partial charge is 0.496 e. The van der Waals surface area contributed by atoms with E-state index in [1.54, 1.807) is 7.11 Å². The lowest BCUT2D eigenvalue weighted by Crippen LogP contribution is -2.34. The Morgan fingerprint density at radius 2 is 2.15 bits per heavy atom. The number of rotatable bonds is 7. The Morgan fingerprint density at radius 3 is 2.89 bits per heavy atom. The highest BCUT2D eigenvalue weighted by Gasteiger charge is 2.35. The average molecular weight is 385 g/mol. The summed E-state index contributed by atoms with van der Waals surface area (Å²) in [7, 11) is 1.61. The molecule has 0 unspecified atom stereocenters. The SMILES string of the molecule is COc1ccccc1-c1nnc(SCC(=O)N(C2=CCCCC2)C2CC2)o1. The quantitative estimate of drug-likeness (QED) is 0.663. The van der Waals surface area contributed by atoms with Gasteiger partial charge >= 0.3 is 0 Å². The first-order chi connectivity index (χ1) is 13.3. The van der Waals surface area contributed by atoms with E-state index in [4.69, 9.17) is 9.15 Å². The minimum Gasteiger partial charge on any atom is -0.496 e. The molecule has 27 heavy (non-hydrogen) atoms. The van der Waals surface area contributed by atoms with E-state index in [1.165, 1.54) is 30.3 Å². The molecule has 6 nitrogen and oxygen atoms in total. The first kappa shape index (κ1) is 18.1. The Hall–Kier alpha value is -2.28. The molecule has 2 aliphatic carbocycles. The predicted octanol–water partition coefficient (Wildman–Crippen LogP) is 4.29. The van der Waals surface area contributed by atoms with Crippen molar-refractivity contribution in [3.8, 4) is 17.2 Å². The van der Waals surface area contributed by atoms with Crippen molar-refractivity contribution >= 4 is 17.7 Å². The van der Waals surface area contributed by atoms with Crippen molar-refractivity contribution in [1.29, 1.82) is 0 Å². The summed E-state index contributed by atoms with van der Waals surface area (Å²) in [6, 6.07) is 7.88. The van der Waals surface area contributed by atoms with E-state index < -0.39 is 0 Å². The lowest BCUT2D eigenvalue weighted by Gasteiger charge is -2.27. The summed E-state index contributed by atoms with van der Waals surface area (Å²) in [5, 5.41) is 8.58. The Labute approximate surface area is 163 Å². The summed E-state index contributed by atoms with van der Waals surface area (Å²) in [6.07, 6.45) is 8.91. The summed E-state index contributed by atoms with van der Waals surface area (Å²) in [6.45, 7) is 0. The summed E-state index contributed by atoms with van der Waals surface area (Å²) >= 11 is 1.30. The molecule has 1 aromatic heterocycles. The number of carbonyl (C=O) groups is 1. The van der Waals surface area contributed by atoms with Gasteiger partial charge in [-0.3, -0.25) is 4.79 Å². The number of aromatic nitrogens is 2. The van der Waals surface area contributed by atoms with Crippen LogP contribution in [0.2, 0.25) is 0 Å². The van der Waals surface area contributed by atoms with Gasteiger partial charge in [0.15, 0.2) is 0 Å². The fourth-order valence-corrected chi connectivity index (χ4v) is 3.98. The van der Waals surface area contributed by atoms with Gasteiger partial charge < -0.3 is 14.1 Å². The maximum Gasteiger partial charge on any atom is 0.277 e. The van der Waals surface area contributed by atoms with Crippen LogP contribution in [0, 0.1) is 0 Å². The fraction of sp³-hybridized carbons (Fsp3) is 0.450. The molecule has 0 spiro atoms. The molecule has 1 fully saturated rings. The monoisotopic (exact) mass is 385 g/mol. The van der Waals surface area contributed by atoms with Crippen LogP contribution in [-0.4, -0.2) is 39.9 Å². The van der Waals surface area contributed by atoms with Crippen LogP contribution in [0.15, 0.2) is 45.7 Å². The van der Waals surface area contributed by atoms with Gasteiger partial charge in [0.05, 0.1) is 18.4 Å². The molecule has 0 N–H and O–H groups in total. The summed E-state index contributed by atoms with van der Waals surface area (Å²) in [5.74, 6) is 1.52.